The van der Waals surface area contributed by atoms with E-state index in [2.05, 4.69) is 17.9 Å². The molecule has 3 nitrogen and oxygen atoms in total. The van der Waals surface area contributed by atoms with Gasteiger partial charge in [0.2, 0.25) is 0 Å². The van der Waals surface area contributed by atoms with Crippen molar-refractivity contribution in [2.24, 2.45) is 11.7 Å². The first-order valence-electron chi connectivity index (χ1n) is 7.33. The summed E-state index contributed by atoms with van der Waals surface area (Å²) in [5.41, 5.74) is 8.34. The molecule has 0 aliphatic carbocycles. The number of benzene rings is 1. The van der Waals surface area contributed by atoms with Gasteiger partial charge < -0.3 is 15.4 Å². The Labute approximate surface area is 127 Å². The van der Waals surface area contributed by atoms with Gasteiger partial charge in [0.15, 0.2) is 0 Å². The Balaban J connectivity index is 2.26. The molecule has 3 atom stereocenters. The Kier molecular flexibility index (Phi) is 5.30. The highest BCUT2D eigenvalue weighted by molar-refractivity contribution is 6.31. The number of anilines is 1. The average molecular weight is 297 g/mol. The normalized spacial score (nSPS) is 24.8. The third-order valence-corrected chi connectivity index (χ3v) is 4.51. The van der Waals surface area contributed by atoms with Gasteiger partial charge in [0.05, 0.1) is 6.10 Å². The number of hydrogen-bond acceptors (Lipinski definition) is 3. The maximum atomic E-state index is 6.38. The summed E-state index contributed by atoms with van der Waals surface area (Å²) in [4.78, 5) is 2.39. The molecule has 1 aliphatic heterocycles. The third kappa shape index (κ3) is 3.46. The van der Waals surface area contributed by atoms with Crippen molar-refractivity contribution in [3.05, 3.63) is 28.8 Å². The first-order chi connectivity index (χ1) is 9.52. The number of nitrogens with zero attached hydrogens (tertiary/aromatic N) is 1. The summed E-state index contributed by atoms with van der Waals surface area (Å²) >= 11 is 6.38. The second-order valence-corrected chi connectivity index (χ2v) is 6.31. The van der Waals surface area contributed by atoms with Crippen LogP contribution < -0.4 is 10.6 Å². The first kappa shape index (κ1) is 15.6. The second kappa shape index (κ2) is 6.79. The van der Waals surface area contributed by atoms with Gasteiger partial charge in [0.25, 0.3) is 0 Å². The van der Waals surface area contributed by atoms with E-state index in [-0.39, 0.29) is 12.1 Å². The zero-order chi connectivity index (χ0) is 14.7. The molecule has 1 fully saturated rings. The molecule has 2 N–H and O–H groups in total. The number of piperidine rings is 1. The average Bonchev–Trinajstić information content (AvgIpc) is 2.41. The summed E-state index contributed by atoms with van der Waals surface area (Å²) < 4.78 is 5.61. The molecule has 1 aromatic carbocycles. The topological polar surface area (TPSA) is 38.5 Å². The van der Waals surface area contributed by atoms with Crippen molar-refractivity contribution in [2.45, 2.75) is 38.8 Å². The van der Waals surface area contributed by atoms with E-state index >= 15 is 0 Å². The third-order valence-electron chi connectivity index (χ3n) is 4.15. The van der Waals surface area contributed by atoms with Gasteiger partial charge in [-0.2, -0.15) is 0 Å². The van der Waals surface area contributed by atoms with Crippen LogP contribution in [0.2, 0.25) is 5.02 Å². The van der Waals surface area contributed by atoms with Gasteiger partial charge >= 0.3 is 0 Å². The maximum Gasteiger partial charge on any atom is 0.0772 e. The predicted octanol–water partition coefficient (Wildman–Crippen LogP) is 3.09. The molecule has 1 aliphatic rings. The number of halogens is 1. The van der Waals surface area contributed by atoms with E-state index in [4.69, 9.17) is 22.1 Å². The molecular weight excluding hydrogens is 272 g/mol. The Bertz CT molecular complexity index is 450. The quantitative estimate of drug-likeness (QED) is 0.928. The molecule has 0 aromatic heterocycles. The molecule has 1 saturated heterocycles. The zero-order valence-corrected chi connectivity index (χ0v) is 13.4. The molecule has 0 saturated carbocycles. The Morgan fingerprint density at radius 1 is 1.50 bits per heavy atom. The fourth-order valence-electron chi connectivity index (χ4n) is 2.93. The molecule has 0 radical (unpaired) electrons. The van der Waals surface area contributed by atoms with E-state index in [0.29, 0.717) is 5.92 Å². The van der Waals surface area contributed by atoms with Crippen LogP contribution in [-0.4, -0.2) is 32.3 Å². The van der Waals surface area contributed by atoms with Crippen LogP contribution in [0.25, 0.3) is 0 Å². The molecule has 3 unspecified atom stereocenters. The summed E-state index contributed by atoms with van der Waals surface area (Å²) in [5, 5.41) is 0.812. The minimum atomic E-state index is 0.107. The molecule has 20 heavy (non-hydrogen) atoms. The lowest BCUT2D eigenvalue weighted by atomic mass is 9.94. The fourth-order valence-corrected chi connectivity index (χ4v) is 3.17. The van der Waals surface area contributed by atoms with Crippen molar-refractivity contribution in [2.75, 3.05) is 25.1 Å². The van der Waals surface area contributed by atoms with Crippen LogP contribution in [0.15, 0.2) is 18.2 Å². The SMILES string of the molecule is COC1CN(c2cccc(Cl)c2CC(C)N)CCC1C. The van der Waals surface area contributed by atoms with Crippen LogP contribution in [-0.2, 0) is 11.2 Å². The molecule has 0 bridgehead atoms. The number of rotatable bonds is 4. The standard InChI is InChI=1S/C16H25ClN2O/c1-11-7-8-19(10-16(11)20-3)15-6-4-5-14(17)13(15)9-12(2)18/h4-6,11-12,16H,7-10,18H2,1-3H3. The minimum absolute atomic E-state index is 0.107. The highest BCUT2D eigenvalue weighted by atomic mass is 35.5. The van der Waals surface area contributed by atoms with Crippen LogP contribution in [0.5, 0.6) is 0 Å². The van der Waals surface area contributed by atoms with Gasteiger partial charge in [-0.05, 0) is 43.4 Å². The van der Waals surface area contributed by atoms with E-state index < -0.39 is 0 Å². The summed E-state index contributed by atoms with van der Waals surface area (Å²) in [6, 6.07) is 6.22. The van der Waals surface area contributed by atoms with E-state index in [0.717, 1.165) is 36.5 Å². The number of methoxy groups -OCH3 is 1. The van der Waals surface area contributed by atoms with Gasteiger partial charge in [-0.25, -0.2) is 0 Å². The van der Waals surface area contributed by atoms with Gasteiger partial charge in [-0.1, -0.05) is 24.6 Å². The molecule has 4 heteroatoms. The smallest absolute Gasteiger partial charge is 0.0772 e. The van der Waals surface area contributed by atoms with Gasteiger partial charge in [-0.3, -0.25) is 0 Å². The first-order valence-corrected chi connectivity index (χ1v) is 7.71. The van der Waals surface area contributed by atoms with Gasteiger partial charge in [0, 0.05) is 37.0 Å². The lowest BCUT2D eigenvalue weighted by Crippen LogP contribution is -2.44. The number of ether oxygens (including phenoxy) is 1. The molecule has 1 heterocycles. The summed E-state index contributed by atoms with van der Waals surface area (Å²) in [5.74, 6) is 0.604. The van der Waals surface area contributed by atoms with Crippen LogP contribution in [0.4, 0.5) is 5.69 Å². The van der Waals surface area contributed by atoms with E-state index in [1.54, 1.807) is 7.11 Å². The minimum Gasteiger partial charge on any atom is -0.379 e. The second-order valence-electron chi connectivity index (χ2n) is 5.91. The molecule has 1 aromatic rings. The van der Waals surface area contributed by atoms with Crippen LogP contribution >= 0.6 is 11.6 Å². The van der Waals surface area contributed by atoms with E-state index in [1.165, 1.54) is 5.69 Å². The molecule has 112 valence electrons. The van der Waals surface area contributed by atoms with Crippen LogP contribution in [0.3, 0.4) is 0 Å². The number of nitrogens with two attached hydrogens (primary N) is 1. The molecule has 2 rings (SSSR count). The molecule has 0 spiro atoms. The lowest BCUT2D eigenvalue weighted by Gasteiger charge is -2.38. The van der Waals surface area contributed by atoms with Crippen molar-refractivity contribution in [3.63, 3.8) is 0 Å². The van der Waals surface area contributed by atoms with Gasteiger partial charge in [0.1, 0.15) is 0 Å². The highest BCUT2D eigenvalue weighted by Gasteiger charge is 2.27. The van der Waals surface area contributed by atoms with Crippen molar-refractivity contribution in [1.29, 1.82) is 0 Å². The Morgan fingerprint density at radius 2 is 2.25 bits per heavy atom. The van der Waals surface area contributed by atoms with E-state index in [1.807, 2.05) is 19.1 Å². The Morgan fingerprint density at radius 3 is 2.90 bits per heavy atom. The van der Waals surface area contributed by atoms with Crippen molar-refractivity contribution >= 4 is 17.3 Å². The fraction of sp³-hybridized carbons (Fsp3) is 0.625. The molecule has 0 amide bonds. The van der Waals surface area contributed by atoms with Crippen LogP contribution in [0.1, 0.15) is 25.8 Å². The Hall–Kier alpha value is -0.770. The highest BCUT2D eigenvalue weighted by Crippen LogP contribution is 2.32. The van der Waals surface area contributed by atoms with Crippen LogP contribution in [0, 0.1) is 5.92 Å². The monoisotopic (exact) mass is 296 g/mol. The summed E-state index contributed by atoms with van der Waals surface area (Å²) in [7, 11) is 1.80. The lowest BCUT2D eigenvalue weighted by molar-refractivity contribution is 0.0498. The van der Waals surface area contributed by atoms with Gasteiger partial charge in [-0.15, -0.1) is 0 Å². The largest absolute Gasteiger partial charge is 0.379 e. The predicted molar refractivity (Wildman–Crippen MR) is 85.6 cm³/mol. The number of hydrogen-bond donors (Lipinski definition) is 1. The maximum absolute atomic E-state index is 6.38. The van der Waals surface area contributed by atoms with Crippen molar-refractivity contribution < 1.29 is 4.74 Å². The molecular formula is C16H25ClN2O. The van der Waals surface area contributed by atoms with Crippen molar-refractivity contribution in [3.8, 4) is 0 Å². The summed E-state index contributed by atoms with van der Waals surface area (Å²) in [6.07, 6.45) is 2.23. The van der Waals surface area contributed by atoms with Crippen molar-refractivity contribution in [1.82, 2.24) is 0 Å². The summed E-state index contributed by atoms with van der Waals surface area (Å²) in [6.45, 7) is 6.24. The van der Waals surface area contributed by atoms with E-state index in [9.17, 15) is 0 Å². The zero-order valence-electron chi connectivity index (χ0n) is 12.6.